The second-order valence-corrected chi connectivity index (χ2v) is 11.9. The molecule has 1 aromatic heterocycles. The molecule has 4 aliphatic rings. The number of ether oxygens (including phenoxy) is 2. The largest absolute Gasteiger partial charge is 0.422 e. The zero-order valence-corrected chi connectivity index (χ0v) is 19.4. The molecule has 0 N–H and O–H groups in total. The molecular formula is C26H30N2O4. The molecule has 1 spiro atoms. The topological polar surface area (TPSA) is 68.7 Å². The number of fused-ring (bicyclic) bond motifs is 9. The van der Waals surface area contributed by atoms with Crippen LogP contribution in [0.1, 0.15) is 59.4 Å². The number of cyclic esters (lactones) is 2. The molecule has 3 fully saturated rings. The van der Waals surface area contributed by atoms with Crippen molar-refractivity contribution in [3.8, 4) is 0 Å². The number of rotatable bonds is 0. The van der Waals surface area contributed by atoms with Gasteiger partial charge in [-0.1, -0.05) is 39.0 Å². The Bertz CT molecular complexity index is 1170. The number of carbonyl (C=O) groups excluding carboxylic acids is 2. The Morgan fingerprint density at radius 2 is 1.69 bits per heavy atom. The van der Waals surface area contributed by atoms with Crippen LogP contribution < -0.4 is 4.90 Å². The van der Waals surface area contributed by atoms with Crippen molar-refractivity contribution in [2.45, 2.75) is 78.2 Å². The van der Waals surface area contributed by atoms with Crippen molar-refractivity contribution in [3.63, 3.8) is 0 Å². The lowest BCUT2D eigenvalue weighted by molar-refractivity contribution is -0.255. The summed E-state index contributed by atoms with van der Waals surface area (Å²) in [6.45, 7) is 10.1. The summed E-state index contributed by atoms with van der Waals surface area (Å²) in [4.78, 5) is 34.9. The Kier molecular flexibility index (Phi) is 3.65. The molecule has 1 aromatic carbocycles. The Hall–Kier alpha value is -2.63. The average molecular weight is 435 g/mol. The van der Waals surface area contributed by atoms with Crippen molar-refractivity contribution in [3.05, 3.63) is 35.9 Å². The molecule has 4 heterocycles. The van der Waals surface area contributed by atoms with Gasteiger partial charge in [-0.3, -0.25) is 9.59 Å². The first kappa shape index (κ1) is 20.0. The van der Waals surface area contributed by atoms with Crippen LogP contribution in [0.5, 0.6) is 0 Å². The van der Waals surface area contributed by atoms with E-state index in [2.05, 4.69) is 31.7 Å². The SMILES string of the molecule is CC1(C)C[C@H]2C[C@@](C)(C1)[C@@H]1N2c2nc3ccccc3cc2CC12C(=O)OC(C)(C)OC2=O. The molecule has 0 amide bonds. The average Bonchev–Trinajstić information content (AvgIpc) is 2.90. The van der Waals surface area contributed by atoms with Gasteiger partial charge in [0.25, 0.3) is 5.79 Å². The number of hydrogen-bond acceptors (Lipinski definition) is 6. The minimum Gasteiger partial charge on any atom is -0.422 e. The first-order valence-corrected chi connectivity index (χ1v) is 11.6. The highest BCUT2D eigenvalue weighted by Gasteiger charge is 2.72. The number of hydrogen-bond donors (Lipinski definition) is 0. The summed E-state index contributed by atoms with van der Waals surface area (Å²) >= 11 is 0. The highest BCUT2D eigenvalue weighted by Crippen LogP contribution is 2.64. The molecule has 2 aromatic rings. The maximum atomic E-state index is 13.7. The van der Waals surface area contributed by atoms with Crippen LogP contribution in [-0.2, 0) is 25.5 Å². The van der Waals surface area contributed by atoms with Crippen LogP contribution in [0.15, 0.2) is 30.3 Å². The second-order valence-electron chi connectivity index (χ2n) is 11.9. The summed E-state index contributed by atoms with van der Waals surface area (Å²) in [5.41, 5.74) is 0.354. The van der Waals surface area contributed by atoms with Gasteiger partial charge in [-0.2, -0.15) is 0 Å². The summed E-state index contributed by atoms with van der Waals surface area (Å²) < 4.78 is 11.5. The Morgan fingerprint density at radius 3 is 2.41 bits per heavy atom. The normalized spacial score (nSPS) is 33.5. The molecule has 3 atom stereocenters. The molecule has 0 radical (unpaired) electrons. The number of anilines is 1. The smallest absolute Gasteiger partial charge is 0.329 e. The maximum Gasteiger partial charge on any atom is 0.329 e. The van der Waals surface area contributed by atoms with Crippen LogP contribution >= 0.6 is 0 Å². The Balaban J connectivity index is 1.62. The van der Waals surface area contributed by atoms with Crippen LogP contribution in [0, 0.1) is 16.2 Å². The van der Waals surface area contributed by atoms with E-state index in [0.717, 1.165) is 41.5 Å². The van der Waals surface area contributed by atoms with Crippen molar-refractivity contribution >= 4 is 28.7 Å². The zero-order chi connectivity index (χ0) is 22.7. The lowest BCUT2D eigenvalue weighted by atomic mass is 9.57. The second kappa shape index (κ2) is 5.83. The Labute approximate surface area is 188 Å². The molecule has 6 heteroatoms. The van der Waals surface area contributed by atoms with Crippen LogP contribution in [0.4, 0.5) is 5.82 Å². The molecule has 6 nitrogen and oxygen atoms in total. The van der Waals surface area contributed by atoms with Gasteiger partial charge in [-0.25, -0.2) is 4.98 Å². The third kappa shape index (κ3) is 2.49. The van der Waals surface area contributed by atoms with Crippen molar-refractivity contribution in [2.75, 3.05) is 4.90 Å². The number of pyridine rings is 1. The highest BCUT2D eigenvalue weighted by atomic mass is 16.7. The minimum absolute atomic E-state index is 0.106. The fourth-order valence-electron chi connectivity index (χ4n) is 7.57. The quantitative estimate of drug-likeness (QED) is 0.453. The van der Waals surface area contributed by atoms with E-state index in [4.69, 9.17) is 14.5 Å². The van der Waals surface area contributed by atoms with Crippen LogP contribution in [0.3, 0.4) is 0 Å². The van der Waals surface area contributed by atoms with Gasteiger partial charge >= 0.3 is 11.9 Å². The lowest BCUT2D eigenvalue weighted by Gasteiger charge is -2.52. The van der Waals surface area contributed by atoms with E-state index in [-0.39, 0.29) is 29.3 Å². The van der Waals surface area contributed by atoms with Crippen molar-refractivity contribution in [1.82, 2.24) is 4.98 Å². The monoisotopic (exact) mass is 434 g/mol. The predicted octanol–water partition coefficient (Wildman–Crippen LogP) is 4.39. The molecule has 1 saturated carbocycles. The van der Waals surface area contributed by atoms with E-state index < -0.39 is 23.1 Å². The number of esters is 2. The fraction of sp³-hybridized carbons (Fsp3) is 0.577. The number of aromatic nitrogens is 1. The predicted molar refractivity (Wildman–Crippen MR) is 120 cm³/mol. The van der Waals surface area contributed by atoms with E-state index >= 15 is 0 Å². The van der Waals surface area contributed by atoms with E-state index in [1.807, 2.05) is 24.3 Å². The van der Waals surface area contributed by atoms with Crippen molar-refractivity contribution < 1.29 is 19.1 Å². The maximum absolute atomic E-state index is 13.7. The van der Waals surface area contributed by atoms with Crippen LogP contribution in [0.25, 0.3) is 10.9 Å². The summed E-state index contributed by atoms with van der Waals surface area (Å²) in [7, 11) is 0. The van der Waals surface area contributed by atoms with Gasteiger partial charge in [0.1, 0.15) is 5.82 Å². The van der Waals surface area contributed by atoms with Crippen LogP contribution in [0.2, 0.25) is 0 Å². The van der Waals surface area contributed by atoms with Gasteiger partial charge in [0, 0.05) is 31.7 Å². The highest BCUT2D eigenvalue weighted by molar-refractivity contribution is 6.05. The molecule has 3 aliphatic heterocycles. The van der Waals surface area contributed by atoms with Gasteiger partial charge < -0.3 is 14.4 Å². The molecule has 32 heavy (non-hydrogen) atoms. The molecule has 2 bridgehead atoms. The summed E-state index contributed by atoms with van der Waals surface area (Å²) in [5, 5.41) is 1.01. The molecule has 0 unspecified atom stereocenters. The van der Waals surface area contributed by atoms with E-state index in [1.165, 1.54) is 0 Å². The molecule has 1 aliphatic carbocycles. The number of nitrogens with zero attached hydrogens (tertiary/aromatic N) is 2. The van der Waals surface area contributed by atoms with Crippen LogP contribution in [-0.4, -0.2) is 34.8 Å². The minimum atomic E-state index is -1.38. The van der Waals surface area contributed by atoms with E-state index in [9.17, 15) is 9.59 Å². The number of para-hydroxylation sites is 1. The lowest BCUT2D eigenvalue weighted by Crippen LogP contribution is -2.67. The molecule has 168 valence electrons. The number of carbonyl (C=O) groups is 2. The van der Waals surface area contributed by atoms with Crippen molar-refractivity contribution in [1.29, 1.82) is 0 Å². The van der Waals surface area contributed by atoms with E-state index in [1.54, 1.807) is 13.8 Å². The first-order valence-electron chi connectivity index (χ1n) is 11.6. The standard InChI is InChI=1S/C26H30N2O4/c1-23(2)12-17-13-25(5,14-23)20-26(21(29)31-24(3,4)32-22(26)30)11-16-10-15-8-6-7-9-18(15)27-19(16)28(17)20/h6-10,17,20H,11-14H2,1-5H3/t17-,20-,25-/m0/s1. The first-order chi connectivity index (χ1) is 14.9. The van der Waals surface area contributed by atoms with Gasteiger partial charge in [0.15, 0.2) is 5.41 Å². The third-order valence-corrected chi connectivity index (χ3v) is 8.07. The van der Waals surface area contributed by atoms with Gasteiger partial charge in [-0.05, 0) is 47.8 Å². The summed E-state index contributed by atoms with van der Waals surface area (Å²) in [5.74, 6) is -1.26. The molecule has 2 saturated heterocycles. The number of benzene rings is 1. The summed E-state index contributed by atoms with van der Waals surface area (Å²) in [6.07, 6.45) is 3.13. The van der Waals surface area contributed by atoms with Crippen molar-refractivity contribution in [2.24, 2.45) is 16.2 Å². The summed E-state index contributed by atoms with van der Waals surface area (Å²) in [6, 6.07) is 9.99. The van der Waals surface area contributed by atoms with Gasteiger partial charge in [0.2, 0.25) is 0 Å². The fourth-order valence-corrected chi connectivity index (χ4v) is 7.57. The van der Waals surface area contributed by atoms with Gasteiger partial charge in [0.05, 0.1) is 11.6 Å². The zero-order valence-electron chi connectivity index (χ0n) is 19.4. The molecule has 6 rings (SSSR count). The van der Waals surface area contributed by atoms with E-state index in [0.29, 0.717) is 0 Å². The Morgan fingerprint density at radius 1 is 1.00 bits per heavy atom. The van der Waals surface area contributed by atoms with Gasteiger partial charge in [-0.15, -0.1) is 0 Å². The molecular weight excluding hydrogens is 404 g/mol. The third-order valence-electron chi connectivity index (χ3n) is 8.07.